The maximum atomic E-state index is 11.4. The van der Waals surface area contributed by atoms with Crippen LogP contribution in [0, 0.1) is 0 Å². The third-order valence-electron chi connectivity index (χ3n) is 5.22. The van der Waals surface area contributed by atoms with Gasteiger partial charge in [0.2, 0.25) is 0 Å². The van der Waals surface area contributed by atoms with E-state index in [1.54, 1.807) is 0 Å². The van der Waals surface area contributed by atoms with Gasteiger partial charge in [0.05, 0.1) is 13.1 Å². The molecule has 2 aliphatic heterocycles. The van der Waals surface area contributed by atoms with Crippen LogP contribution in [-0.2, 0) is 17.8 Å². The van der Waals surface area contributed by atoms with Gasteiger partial charge in [-0.2, -0.15) is 0 Å². The summed E-state index contributed by atoms with van der Waals surface area (Å²) in [5, 5.41) is 2.81. The topological polar surface area (TPSA) is 59.4 Å². The minimum absolute atomic E-state index is 0.271. The maximum Gasteiger partial charge on any atom is 0.407 e. The molecule has 0 radical (unpaired) electrons. The van der Waals surface area contributed by atoms with Crippen molar-refractivity contribution in [2.75, 3.05) is 19.6 Å². The first-order valence-corrected chi connectivity index (χ1v) is 8.96. The number of alkyl carbamates (subject to hydrolysis) is 1. The van der Waals surface area contributed by atoms with Gasteiger partial charge in [0.25, 0.3) is 0 Å². The van der Waals surface area contributed by atoms with E-state index in [0.29, 0.717) is 6.54 Å². The highest BCUT2D eigenvalue weighted by Gasteiger charge is 2.41. The highest BCUT2D eigenvalue weighted by Crippen LogP contribution is 2.29. The molecular formula is C19H24N4O2. The predicted octanol–water partition coefficient (Wildman–Crippen LogP) is 2.40. The molecule has 3 heterocycles. The summed E-state index contributed by atoms with van der Waals surface area (Å²) in [5.74, 6) is 1.08. The number of rotatable bonds is 4. The van der Waals surface area contributed by atoms with Gasteiger partial charge in [-0.25, -0.2) is 9.78 Å². The molecule has 2 aromatic rings. The highest BCUT2D eigenvalue weighted by molar-refractivity contribution is 5.70. The Morgan fingerprint density at radius 2 is 2.04 bits per heavy atom. The second kappa shape index (κ2) is 6.88. The first-order chi connectivity index (χ1) is 12.2. The van der Waals surface area contributed by atoms with Crippen LogP contribution in [0.15, 0.2) is 42.7 Å². The van der Waals surface area contributed by atoms with E-state index >= 15 is 0 Å². The molecule has 1 amide bonds. The summed E-state index contributed by atoms with van der Waals surface area (Å²) >= 11 is 0. The van der Waals surface area contributed by atoms with E-state index in [1.165, 1.54) is 5.56 Å². The lowest BCUT2D eigenvalue weighted by molar-refractivity contribution is 0.0442. The highest BCUT2D eigenvalue weighted by atomic mass is 16.6. The van der Waals surface area contributed by atoms with E-state index in [9.17, 15) is 4.79 Å². The van der Waals surface area contributed by atoms with Gasteiger partial charge in [-0.15, -0.1) is 0 Å². The molecule has 6 nitrogen and oxygen atoms in total. The van der Waals surface area contributed by atoms with Crippen LogP contribution in [0.4, 0.5) is 4.79 Å². The normalized spacial score (nSPS) is 24.1. The number of ether oxygens (including phenoxy) is 1. The zero-order chi connectivity index (χ0) is 17.1. The second-order valence-electron chi connectivity index (χ2n) is 7.01. The van der Waals surface area contributed by atoms with Crippen molar-refractivity contribution in [1.82, 2.24) is 19.8 Å². The number of nitrogens with one attached hydrogen (secondary N) is 1. The fourth-order valence-electron chi connectivity index (χ4n) is 3.78. The van der Waals surface area contributed by atoms with Crippen molar-refractivity contribution in [3.05, 3.63) is 54.1 Å². The Bertz CT molecular complexity index is 730. The Morgan fingerprint density at radius 3 is 2.84 bits per heavy atom. The van der Waals surface area contributed by atoms with E-state index in [4.69, 9.17) is 4.74 Å². The van der Waals surface area contributed by atoms with Crippen molar-refractivity contribution in [3.8, 4) is 0 Å². The van der Waals surface area contributed by atoms with Gasteiger partial charge < -0.3 is 14.6 Å². The first-order valence-electron chi connectivity index (χ1n) is 8.96. The third kappa shape index (κ3) is 3.69. The van der Waals surface area contributed by atoms with Gasteiger partial charge in [0.15, 0.2) is 0 Å². The fourth-order valence-corrected chi connectivity index (χ4v) is 3.78. The number of carbonyl (C=O) groups is 1. The quantitative estimate of drug-likeness (QED) is 0.928. The van der Waals surface area contributed by atoms with Crippen molar-refractivity contribution in [1.29, 1.82) is 0 Å². The smallest absolute Gasteiger partial charge is 0.407 e. The zero-order valence-electron chi connectivity index (χ0n) is 14.4. The number of nitrogens with zero attached hydrogens (tertiary/aromatic N) is 3. The van der Waals surface area contributed by atoms with E-state index in [-0.39, 0.29) is 11.7 Å². The minimum atomic E-state index is -0.300. The Labute approximate surface area is 147 Å². The molecule has 1 N–H and O–H groups in total. The Morgan fingerprint density at radius 1 is 1.16 bits per heavy atom. The molecule has 2 saturated heterocycles. The van der Waals surface area contributed by atoms with Crippen molar-refractivity contribution < 1.29 is 9.53 Å². The van der Waals surface area contributed by atoms with Crippen molar-refractivity contribution in [2.45, 2.75) is 38.0 Å². The van der Waals surface area contributed by atoms with Gasteiger partial charge >= 0.3 is 6.09 Å². The first kappa shape index (κ1) is 16.1. The summed E-state index contributed by atoms with van der Waals surface area (Å²) in [6.45, 7) is 4.25. The molecule has 0 aliphatic carbocycles. The maximum absolute atomic E-state index is 11.4. The fraction of sp³-hybridized carbons (Fsp3) is 0.474. The number of amides is 1. The largest absolute Gasteiger partial charge is 0.441 e. The number of hydrogen-bond donors (Lipinski definition) is 1. The summed E-state index contributed by atoms with van der Waals surface area (Å²) < 4.78 is 7.77. The monoisotopic (exact) mass is 340 g/mol. The van der Waals surface area contributed by atoms with E-state index in [1.807, 2.05) is 18.5 Å². The molecule has 2 aliphatic rings. The second-order valence-corrected chi connectivity index (χ2v) is 7.01. The Hall–Kier alpha value is -2.34. The number of benzene rings is 1. The van der Waals surface area contributed by atoms with Gasteiger partial charge in [-0.3, -0.25) is 4.90 Å². The van der Waals surface area contributed by atoms with Crippen LogP contribution in [0.3, 0.4) is 0 Å². The van der Waals surface area contributed by atoms with E-state index in [0.717, 1.165) is 51.3 Å². The van der Waals surface area contributed by atoms with Crippen molar-refractivity contribution in [2.24, 2.45) is 0 Å². The Balaban J connectivity index is 1.40. The lowest BCUT2D eigenvalue weighted by Gasteiger charge is -2.25. The number of imidazole rings is 1. The molecule has 0 unspecified atom stereocenters. The van der Waals surface area contributed by atoms with Gasteiger partial charge in [-0.05, 0) is 24.9 Å². The SMILES string of the molecule is O=C1NC[C@]2(CCCN(Cc3nccn3Cc3ccccc3)CC2)O1. The van der Waals surface area contributed by atoms with Gasteiger partial charge in [0.1, 0.15) is 11.4 Å². The standard InChI is InChI=1S/C19H24N4O2/c24-18-21-15-19(25-18)7-4-10-22(11-8-19)14-17-20-9-12-23(17)13-16-5-2-1-3-6-16/h1-3,5-6,9,12H,4,7-8,10-11,13-15H2,(H,21,24)/t19-/m1/s1. The molecule has 2 fully saturated rings. The molecule has 4 rings (SSSR count). The molecule has 1 aromatic heterocycles. The Kier molecular flexibility index (Phi) is 4.44. The van der Waals surface area contributed by atoms with Crippen LogP contribution >= 0.6 is 0 Å². The molecule has 1 aromatic carbocycles. The van der Waals surface area contributed by atoms with Crippen LogP contribution in [0.5, 0.6) is 0 Å². The lowest BCUT2D eigenvalue weighted by atomic mass is 9.95. The molecule has 1 atom stereocenters. The summed E-state index contributed by atoms with van der Waals surface area (Å²) in [5.41, 5.74) is 0.978. The molecular weight excluding hydrogens is 316 g/mol. The van der Waals surface area contributed by atoms with Crippen LogP contribution < -0.4 is 5.32 Å². The summed E-state index contributed by atoms with van der Waals surface area (Å²) in [4.78, 5) is 18.4. The van der Waals surface area contributed by atoms with Crippen LogP contribution in [-0.4, -0.2) is 45.8 Å². The molecule has 6 heteroatoms. The van der Waals surface area contributed by atoms with Crippen LogP contribution in [0.25, 0.3) is 0 Å². The molecule has 1 spiro atoms. The molecule has 25 heavy (non-hydrogen) atoms. The summed E-state index contributed by atoms with van der Waals surface area (Å²) in [6.07, 6.45) is 6.50. The number of aromatic nitrogens is 2. The van der Waals surface area contributed by atoms with Gasteiger partial charge in [0, 0.05) is 31.9 Å². The molecule has 0 saturated carbocycles. The average molecular weight is 340 g/mol. The number of carbonyl (C=O) groups excluding carboxylic acids is 1. The third-order valence-corrected chi connectivity index (χ3v) is 5.22. The van der Waals surface area contributed by atoms with Crippen molar-refractivity contribution >= 4 is 6.09 Å². The van der Waals surface area contributed by atoms with Crippen LogP contribution in [0.2, 0.25) is 0 Å². The summed E-state index contributed by atoms with van der Waals surface area (Å²) in [7, 11) is 0. The predicted molar refractivity (Wildman–Crippen MR) is 94.1 cm³/mol. The zero-order valence-corrected chi connectivity index (χ0v) is 14.4. The number of hydrogen-bond acceptors (Lipinski definition) is 4. The van der Waals surface area contributed by atoms with E-state index < -0.39 is 0 Å². The van der Waals surface area contributed by atoms with Crippen LogP contribution in [0.1, 0.15) is 30.7 Å². The lowest BCUT2D eigenvalue weighted by Crippen LogP contribution is -2.35. The average Bonchev–Trinajstić information content (AvgIpc) is 3.14. The van der Waals surface area contributed by atoms with Crippen molar-refractivity contribution in [3.63, 3.8) is 0 Å². The molecule has 0 bridgehead atoms. The minimum Gasteiger partial charge on any atom is -0.441 e. The number of likely N-dealkylation sites (tertiary alicyclic amines) is 1. The van der Waals surface area contributed by atoms with Gasteiger partial charge in [-0.1, -0.05) is 30.3 Å². The summed E-state index contributed by atoms with van der Waals surface area (Å²) in [6, 6.07) is 10.5. The molecule has 132 valence electrons. The van der Waals surface area contributed by atoms with E-state index in [2.05, 4.69) is 44.0 Å².